The van der Waals surface area contributed by atoms with Crippen LogP contribution in [0.4, 0.5) is 0 Å². The monoisotopic (exact) mass is 312 g/mol. The molecule has 2 aromatic rings. The lowest BCUT2D eigenvalue weighted by Gasteiger charge is -2.09. The second-order valence-corrected chi connectivity index (χ2v) is 4.97. The van der Waals surface area contributed by atoms with E-state index in [9.17, 15) is 9.90 Å². The zero-order valence-electron chi connectivity index (χ0n) is 12.4. The summed E-state index contributed by atoms with van der Waals surface area (Å²) in [6.45, 7) is 1.19. The van der Waals surface area contributed by atoms with Crippen molar-refractivity contribution in [3.63, 3.8) is 0 Å². The average molecular weight is 312 g/mol. The summed E-state index contributed by atoms with van der Waals surface area (Å²) in [4.78, 5) is 11.9. The molecule has 0 spiro atoms. The molecule has 6 nitrogen and oxygen atoms in total. The van der Waals surface area contributed by atoms with Gasteiger partial charge in [0, 0.05) is 17.5 Å². The fourth-order valence-electron chi connectivity index (χ4n) is 2.19. The molecule has 2 aromatic carbocycles. The van der Waals surface area contributed by atoms with Crippen molar-refractivity contribution >= 4 is 12.1 Å². The maximum atomic E-state index is 11.9. The van der Waals surface area contributed by atoms with Crippen LogP contribution in [0.1, 0.15) is 22.3 Å². The standard InChI is InChI=1S/C17H16N2O4/c20-14-6-1-4-12(10-14)17(21)19-18-11-13-5-2-7-15-16(13)23-9-3-8-22-15/h1-2,4-7,10-11,20H,3,8-9H2,(H,19,21). The number of phenols is 1. The molecule has 0 saturated heterocycles. The van der Waals surface area contributed by atoms with E-state index in [1.807, 2.05) is 18.2 Å². The minimum Gasteiger partial charge on any atom is -0.508 e. The molecule has 0 unspecified atom stereocenters. The van der Waals surface area contributed by atoms with Gasteiger partial charge in [-0.25, -0.2) is 5.43 Å². The van der Waals surface area contributed by atoms with Gasteiger partial charge < -0.3 is 14.6 Å². The second-order valence-electron chi connectivity index (χ2n) is 4.97. The van der Waals surface area contributed by atoms with Crippen molar-refractivity contribution in [2.75, 3.05) is 13.2 Å². The number of hydrogen-bond donors (Lipinski definition) is 2. The summed E-state index contributed by atoms with van der Waals surface area (Å²) >= 11 is 0. The van der Waals surface area contributed by atoms with Crippen molar-refractivity contribution < 1.29 is 19.4 Å². The Bertz CT molecular complexity index is 743. The van der Waals surface area contributed by atoms with E-state index in [1.54, 1.807) is 12.1 Å². The number of phenolic OH excluding ortho intramolecular Hbond substituents is 1. The lowest BCUT2D eigenvalue weighted by atomic mass is 10.2. The molecule has 0 atom stereocenters. The lowest BCUT2D eigenvalue weighted by molar-refractivity contribution is 0.0954. The number of carbonyl (C=O) groups is 1. The Kier molecular flexibility index (Phi) is 4.42. The van der Waals surface area contributed by atoms with Crippen molar-refractivity contribution in [3.8, 4) is 17.2 Å². The molecule has 0 aliphatic carbocycles. The van der Waals surface area contributed by atoms with E-state index >= 15 is 0 Å². The van der Waals surface area contributed by atoms with E-state index in [1.165, 1.54) is 18.3 Å². The Morgan fingerprint density at radius 1 is 1.17 bits per heavy atom. The van der Waals surface area contributed by atoms with Gasteiger partial charge in [-0.3, -0.25) is 4.79 Å². The number of aromatic hydroxyl groups is 1. The maximum absolute atomic E-state index is 11.9. The Labute approximate surface area is 133 Å². The summed E-state index contributed by atoms with van der Waals surface area (Å²) in [7, 11) is 0. The van der Waals surface area contributed by atoms with Gasteiger partial charge >= 0.3 is 0 Å². The van der Waals surface area contributed by atoms with Crippen LogP contribution in [0.2, 0.25) is 0 Å². The third-order valence-corrected chi connectivity index (χ3v) is 3.28. The Hall–Kier alpha value is -3.02. The van der Waals surface area contributed by atoms with E-state index in [-0.39, 0.29) is 5.75 Å². The van der Waals surface area contributed by atoms with Gasteiger partial charge in [-0.2, -0.15) is 5.10 Å². The third kappa shape index (κ3) is 3.60. The lowest BCUT2D eigenvalue weighted by Crippen LogP contribution is -2.17. The minimum absolute atomic E-state index is 0.0283. The van der Waals surface area contributed by atoms with Crippen LogP contribution >= 0.6 is 0 Å². The molecule has 1 amide bonds. The third-order valence-electron chi connectivity index (χ3n) is 3.28. The maximum Gasteiger partial charge on any atom is 0.271 e. The van der Waals surface area contributed by atoms with Crippen molar-refractivity contribution in [2.45, 2.75) is 6.42 Å². The molecular weight excluding hydrogens is 296 g/mol. The summed E-state index contributed by atoms with van der Waals surface area (Å²) in [5, 5.41) is 13.3. The van der Waals surface area contributed by atoms with E-state index in [0.29, 0.717) is 30.3 Å². The number of nitrogens with one attached hydrogen (secondary N) is 1. The summed E-state index contributed by atoms with van der Waals surface area (Å²) < 4.78 is 11.3. The summed E-state index contributed by atoms with van der Waals surface area (Å²) in [5.74, 6) is 0.919. The molecule has 0 radical (unpaired) electrons. The molecule has 118 valence electrons. The minimum atomic E-state index is -0.406. The number of amides is 1. The average Bonchev–Trinajstić information content (AvgIpc) is 2.81. The van der Waals surface area contributed by atoms with E-state index in [4.69, 9.17) is 9.47 Å². The van der Waals surface area contributed by atoms with Gasteiger partial charge in [0.2, 0.25) is 0 Å². The Morgan fingerprint density at radius 2 is 2.00 bits per heavy atom. The van der Waals surface area contributed by atoms with Gasteiger partial charge in [-0.1, -0.05) is 12.1 Å². The highest BCUT2D eigenvalue weighted by atomic mass is 16.5. The first-order valence-electron chi connectivity index (χ1n) is 7.25. The quantitative estimate of drug-likeness (QED) is 0.673. The van der Waals surface area contributed by atoms with Gasteiger partial charge in [0.15, 0.2) is 11.5 Å². The second kappa shape index (κ2) is 6.83. The molecular formula is C17H16N2O4. The SMILES string of the molecule is O=C(NN=Cc1cccc2c1OCCCO2)c1cccc(O)c1. The van der Waals surface area contributed by atoms with Gasteiger partial charge in [0.25, 0.3) is 5.91 Å². The normalized spacial score (nSPS) is 13.6. The highest BCUT2D eigenvalue weighted by Gasteiger charge is 2.13. The number of hydrazone groups is 1. The smallest absolute Gasteiger partial charge is 0.271 e. The predicted molar refractivity (Wildman–Crippen MR) is 85.2 cm³/mol. The number of carbonyl (C=O) groups excluding carboxylic acids is 1. The topological polar surface area (TPSA) is 80.2 Å². The Balaban J connectivity index is 1.72. The van der Waals surface area contributed by atoms with E-state index in [0.717, 1.165) is 12.0 Å². The zero-order chi connectivity index (χ0) is 16.1. The zero-order valence-corrected chi connectivity index (χ0v) is 12.4. The molecule has 0 fully saturated rings. The fourth-order valence-corrected chi connectivity index (χ4v) is 2.19. The molecule has 0 saturated carbocycles. The van der Waals surface area contributed by atoms with Gasteiger partial charge in [-0.05, 0) is 30.3 Å². The number of rotatable bonds is 3. The summed E-state index contributed by atoms with van der Waals surface area (Å²) in [5.41, 5.74) is 3.47. The van der Waals surface area contributed by atoms with Crippen LogP contribution in [0.15, 0.2) is 47.6 Å². The molecule has 0 bridgehead atoms. The molecule has 1 heterocycles. The van der Waals surface area contributed by atoms with Crippen molar-refractivity contribution in [2.24, 2.45) is 5.10 Å². The number of benzene rings is 2. The first kappa shape index (κ1) is 14.9. The van der Waals surface area contributed by atoms with Crippen LogP contribution in [0.3, 0.4) is 0 Å². The van der Waals surface area contributed by atoms with Crippen LogP contribution in [-0.4, -0.2) is 30.4 Å². The van der Waals surface area contributed by atoms with Crippen molar-refractivity contribution in [1.82, 2.24) is 5.43 Å². The fraction of sp³-hybridized carbons (Fsp3) is 0.176. The van der Waals surface area contributed by atoms with Gasteiger partial charge in [0.05, 0.1) is 19.4 Å². The number of ether oxygens (including phenoxy) is 2. The van der Waals surface area contributed by atoms with Crippen LogP contribution in [0.5, 0.6) is 17.2 Å². The molecule has 1 aliphatic rings. The predicted octanol–water partition coefficient (Wildman–Crippen LogP) is 2.32. The first-order chi connectivity index (χ1) is 11.2. The molecule has 2 N–H and O–H groups in total. The first-order valence-corrected chi connectivity index (χ1v) is 7.25. The largest absolute Gasteiger partial charge is 0.508 e. The number of nitrogens with zero attached hydrogens (tertiary/aromatic N) is 1. The van der Waals surface area contributed by atoms with Gasteiger partial charge in [-0.15, -0.1) is 0 Å². The molecule has 6 heteroatoms. The van der Waals surface area contributed by atoms with Crippen LogP contribution < -0.4 is 14.9 Å². The number of para-hydroxylation sites is 1. The number of hydrogen-bond acceptors (Lipinski definition) is 5. The molecule has 1 aliphatic heterocycles. The molecule has 3 rings (SSSR count). The highest BCUT2D eigenvalue weighted by Crippen LogP contribution is 2.32. The van der Waals surface area contributed by atoms with Crippen molar-refractivity contribution in [1.29, 1.82) is 0 Å². The summed E-state index contributed by atoms with van der Waals surface area (Å²) in [6, 6.07) is 11.6. The van der Waals surface area contributed by atoms with E-state index < -0.39 is 5.91 Å². The summed E-state index contributed by atoms with van der Waals surface area (Å²) in [6.07, 6.45) is 2.33. The van der Waals surface area contributed by atoms with Crippen LogP contribution in [-0.2, 0) is 0 Å². The highest BCUT2D eigenvalue weighted by molar-refractivity contribution is 5.95. The Morgan fingerprint density at radius 3 is 2.87 bits per heavy atom. The molecule has 23 heavy (non-hydrogen) atoms. The van der Waals surface area contributed by atoms with Crippen LogP contribution in [0.25, 0.3) is 0 Å². The van der Waals surface area contributed by atoms with Gasteiger partial charge in [0.1, 0.15) is 5.75 Å². The van der Waals surface area contributed by atoms with Crippen molar-refractivity contribution in [3.05, 3.63) is 53.6 Å². The number of fused-ring (bicyclic) bond motifs is 1. The van der Waals surface area contributed by atoms with E-state index in [2.05, 4.69) is 10.5 Å². The molecule has 0 aromatic heterocycles. The van der Waals surface area contributed by atoms with Crippen LogP contribution in [0, 0.1) is 0 Å².